The summed E-state index contributed by atoms with van der Waals surface area (Å²) in [6.45, 7) is 2.55. The number of hydrogen-bond donors (Lipinski definition) is 2. The van der Waals surface area contributed by atoms with Gasteiger partial charge < -0.3 is 24.5 Å². The molecule has 0 saturated heterocycles. The van der Waals surface area contributed by atoms with Crippen molar-refractivity contribution < 1.29 is 13.9 Å². The van der Waals surface area contributed by atoms with E-state index in [1.54, 1.807) is 20.4 Å². The quantitative estimate of drug-likeness (QED) is 0.419. The lowest BCUT2D eigenvalue weighted by molar-refractivity contribution is 0.146. The second-order valence-electron chi connectivity index (χ2n) is 5.17. The minimum absolute atomic E-state index is 0.545. The highest BCUT2D eigenvalue weighted by Crippen LogP contribution is 2.13. The van der Waals surface area contributed by atoms with Gasteiger partial charge in [-0.15, -0.1) is 0 Å². The van der Waals surface area contributed by atoms with Gasteiger partial charge in [0.1, 0.15) is 18.1 Å². The summed E-state index contributed by atoms with van der Waals surface area (Å²) < 4.78 is 15.9. The molecule has 1 aromatic carbocycles. The van der Waals surface area contributed by atoms with Crippen molar-refractivity contribution in [2.75, 3.05) is 33.9 Å². The fraction of sp³-hybridized carbons (Fsp3) is 0.389. The van der Waals surface area contributed by atoms with Gasteiger partial charge in [0, 0.05) is 33.7 Å². The van der Waals surface area contributed by atoms with E-state index in [-0.39, 0.29) is 0 Å². The molecule has 0 amide bonds. The maximum absolute atomic E-state index is 5.62. The maximum atomic E-state index is 5.62. The highest BCUT2D eigenvalue weighted by Gasteiger charge is 2.01. The van der Waals surface area contributed by atoms with Crippen LogP contribution in [0.25, 0.3) is 0 Å². The molecule has 0 bridgehead atoms. The third-order valence-corrected chi connectivity index (χ3v) is 3.38. The number of nitrogens with one attached hydrogen (secondary N) is 2. The van der Waals surface area contributed by atoms with Crippen LogP contribution in [0.5, 0.6) is 5.75 Å². The van der Waals surface area contributed by atoms with Gasteiger partial charge >= 0.3 is 0 Å². The smallest absolute Gasteiger partial charge is 0.191 e. The molecular formula is C18H25N3O3. The molecular weight excluding hydrogens is 306 g/mol. The minimum Gasteiger partial charge on any atom is -0.491 e. The molecule has 0 fully saturated rings. The van der Waals surface area contributed by atoms with Crippen molar-refractivity contribution in [2.24, 2.45) is 4.99 Å². The summed E-state index contributed by atoms with van der Waals surface area (Å²) in [5.41, 5.74) is 1.12. The molecule has 130 valence electrons. The molecule has 0 aliphatic heterocycles. The van der Waals surface area contributed by atoms with E-state index in [1.165, 1.54) is 0 Å². The Morgan fingerprint density at radius 3 is 2.83 bits per heavy atom. The van der Waals surface area contributed by atoms with E-state index in [4.69, 9.17) is 13.9 Å². The zero-order chi connectivity index (χ0) is 17.0. The van der Waals surface area contributed by atoms with Crippen LogP contribution in [0, 0.1) is 0 Å². The number of guanidine groups is 1. The molecule has 1 heterocycles. The van der Waals surface area contributed by atoms with Gasteiger partial charge in [-0.05, 0) is 29.8 Å². The second-order valence-corrected chi connectivity index (χ2v) is 5.17. The normalized spacial score (nSPS) is 11.3. The number of rotatable bonds is 9. The van der Waals surface area contributed by atoms with Gasteiger partial charge in [0.15, 0.2) is 5.96 Å². The molecule has 0 radical (unpaired) electrons. The molecule has 6 heteroatoms. The van der Waals surface area contributed by atoms with E-state index >= 15 is 0 Å². The molecule has 0 unspecified atom stereocenters. The maximum Gasteiger partial charge on any atom is 0.191 e. The summed E-state index contributed by atoms with van der Waals surface area (Å²) in [5, 5.41) is 6.55. The molecule has 2 aromatic rings. The Balaban J connectivity index is 1.74. The zero-order valence-electron chi connectivity index (χ0n) is 14.2. The Morgan fingerprint density at radius 1 is 1.17 bits per heavy atom. The Hall–Kier alpha value is -2.47. The SMILES string of the molecule is CN=C(NCCc1ccco1)NCc1cccc(OCCOC)c1. The molecule has 6 nitrogen and oxygen atoms in total. The third kappa shape index (κ3) is 6.34. The van der Waals surface area contributed by atoms with Gasteiger partial charge in [-0.3, -0.25) is 4.99 Å². The van der Waals surface area contributed by atoms with Crippen molar-refractivity contribution in [3.05, 3.63) is 54.0 Å². The number of benzene rings is 1. The number of nitrogens with zero attached hydrogens (tertiary/aromatic N) is 1. The molecule has 2 N–H and O–H groups in total. The van der Waals surface area contributed by atoms with Gasteiger partial charge in [0.05, 0.1) is 12.9 Å². The van der Waals surface area contributed by atoms with Crippen LogP contribution < -0.4 is 15.4 Å². The first-order valence-electron chi connectivity index (χ1n) is 7.99. The summed E-state index contributed by atoms with van der Waals surface area (Å²) in [4.78, 5) is 4.22. The summed E-state index contributed by atoms with van der Waals surface area (Å²) in [5.74, 6) is 2.55. The highest BCUT2D eigenvalue weighted by atomic mass is 16.5. The van der Waals surface area contributed by atoms with Crippen LogP contribution in [0.3, 0.4) is 0 Å². The lowest BCUT2D eigenvalue weighted by atomic mass is 10.2. The zero-order valence-corrected chi connectivity index (χ0v) is 14.2. The minimum atomic E-state index is 0.545. The van der Waals surface area contributed by atoms with Gasteiger partial charge in [-0.25, -0.2) is 0 Å². The standard InChI is InChI=1S/C18H25N3O3/c1-19-18(20-9-8-16-7-4-10-23-16)21-14-15-5-3-6-17(13-15)24-12-11-22-2/h3-7,10,13H,8-9,11-12,14H2,1-2H3,(H2,19,20,21). The molecule has 1 aromatic heterocycles. The monoisotopic (exact) mass is 331 g/mol. The van der Waals surface area contributed by atoms with Gasteiger partial charge in [0.25, 0.3) is 0 Å². The number of aliphatic imine (C=N–C) groups is 1. The van der Waals surface area contributed by atoms with E-state index in [1.807, 2.05) is 36.4 Å². The summed E-state index contributed by atoms with van der Waals surface area (Å²) in [6, 6.07) is 11.8. The number of ether oxygens (including phenoxy) is 2. The number of methoxy groups -OCH3 is 1. The van der Waals surface area contributed by atoms with Crippen LogP contribution in [0.1, 0.15) is 11.3 Å². The van der Waals surface area contributed by atoms with Crippen LogP contribution in [-0.4, -0.2) is 39.9 Å². The lowest BCUT2D eigenvalue weighted by Crippen LogP contribution is -2.37. The highest BCUT2D eigenvalue weighted by molar-refractivity contribution is 5.79. The average Bonchev–Trinajstić information content (AvgIpc) is 3.12. The van der Waals surface area contributed by atoms with Crippen LogP contribution >= 0.6 is 0 Å². The van der Waals surface area contributed by atoms with Gasteiger partial charge in [-0.2, -0.15) is 0 Å². The van der Waals surface area contributed by atoms with Crippen molar-refractivity contribution in [1.29, 1.82) is 0 Å². The first-order valence-corrected chi connectivity index (χ1v) is 7.99. The van der Waals surface area contributed by atoms with Crippen LogP contribution in [0.4, 0.5) is 0 Å². The van der Waals surface area contributed by atoms with Crippen LogP contribution in [-0.2, 0) is 17.7 Å². The number of hydrogen-bond acceptors (Lipinski definition) is 4. The summed E-state index contributed by atoms with van der Waals surface area (Å²) in [7, 11) is 3.42. The molecule has 2 rings (SSSR count). The van der Waals surface area contributed by atoms with E-state index in [9.17, 15) is 0 Å². The molecule has 0 spiro atoms. The van der Waals surface area contributed by atoms with E-state index in [0.717, 1.165) is 36.0 Å². The number of furan rings is 1. The fourth-order valence-corrected chi connectivity index (χ4v) is 2.15. The van der Waals surface area contributed by atoms with Crippen molar-refractivity contribution in [3.8, 4) is 5.75 Å². The Morgan fingerprint density at radius 2 is 2.08 bits per heavy atom. The van der Waals surface area contributed by atoms with Gasteiger partial charge in [0.2, 0.25) is 0 Å². The topological polar surface area (TPSA) is 68.0 Å². The molecule has 24 heavy (non-hydrogen) atoms. The Kier molecular flexibility index (Phi) is 7.70. The van der Waals surface area contributed by atoms with Crippen molar-refractivity contribution in [2.45, 2.75) is 13.0 Å². The molecule has 0 atom stereocenters. The lowest BCUT2D eigenvalue weighted by Gasteiger charge is -2.12. The van der Waals surface area contributed by atoms with Crippen molar-refractivity contribution >= 4 is 5.96 Å². The summed E-state index contributed by atoms with van der Waals surface area (Å²) >= 11 is 0. The summed E-state index contributed by atoms with van der Waals surface area (Å²) in [6.07, 6.45) is 2.50. The average molecular weight is 331 g/mol. The first-order chi connectivity index (χ1) is 11.8. The van der Waals surface area contributed by atoms with Gasteiger partial charge in [-0.1, -0.05) is 12.1 Å². The Labute approximate surface area is 142 Å². The predicted octanol–water partition coefficient (Wildman–Crippen LogP) is 2.21. The molecule has 0 aliphatic rings. The van der Waals surface area contributed by atoms with Crippen LogP contribution in [0.15, 0.2) is 52.1 Å². The van der Waals surface area contributed by atoms with Crippen LogP contribution in [0.2, 0.25) is 0 Å². The van der Waals surface area contributed by atoms with Crippen molar-refractivity contribution in [1.82, 2.24) is 10.6 Å². The molecule has 0 saturated carbocycles. The second kappa shape index (κ2) is 10.3. The van der Waals surface area contributed by atoms with Crippen molar-refractivity contribution in [3.63, 3.8) is 0 Å². The van der Waals surface area contributed by atoms with E-state index in [2.05, 4.69) is 15.6 Å². The Bertz CT molecular complexity index is 612. The first kappa shape index (κ1) is 17.9. The predicted molar refractivity (Wildman–Crippen MR) is 94.4 cm³/mol. The molecule has 0 aliphatic carbocycles. The van der Waals surface area contributed by atoms with E-state index < -0.39 is 0 Å². The fourth-order valence-electron chi connectivity index (χ4n) is 2.15. The third-order valence-electron chi connectivity index (χ3n) is 3.38. The van der Waals surface area contributed by atoms with E-state index in [0.29, 0.717) is 19.8 Å². The largest absolute Gasteiger partial charge is 0.491 e.